The molecule has 0 radical (unpaired) electrons. The second-order valence-corrected chi connectivity index (χ2v) is 4.87. The summed E-state index contributed by atoms with van der Waals surface area (Å²) in [6, 6.07) is 4.63. The maximum absolute atomic E-state index is 13.3. The summed E-state index contributed by atoms with van der Waals surface area (Å²) in [4.78, 5) is 10.3. The van der Waals surface area contributed by atoms with Crippen molar-refractivity contribution in [1.29, 1.82) is 0 Å². The summed E-state index contributed by atoms with van der Waals surface area (Å²) in [5.41, 5.74) is 0.495. The number of carbonyl (C=O) groups is 1. The van der Waals surface area contributed by atoms with Gasteiger partial charge in [0.2, 0.25) is 0 Å². The van der Waals surface area contributed by atoms with Crippen LogP contribution < -0.4 is 5.32 Å². The number of rotatable bonds is 7. The number of nitrogens with one attached hydrogen (secondary N) is 1. The lowest BCUT2D eigenvalue weighted by Gasteiger charge is -2.11. The molecule has 0 saturated carbocycles. The second-order valence-electron chi connectivity index (χ2n) is 3.95. The smallest absolute Gasteiger partial charge is 0.303 e. The van der Waals surface area contributed by atoms with E-state index in [1.54, 1.807) is 12.1 Å². The van der Waals surface area contributed by atoms with E-state index in [2.05, 4.69) is 21.2 Å². The molecule has 0 amide bonds. The fourth-order valence-corrected chi connectivity index (χ4v) is 1.85. The lowest BCUT2D eigenvalue weighted by molar-refractivity contribution is -0.137. The molecule has 100 valence electrons. The van der Waals surface area contributed by atoms with Crippen molar-refractivity contribution in [3.63, 3.8) is 0 Å². The Hall–Kier alpha value is -0.980. The van der Waals surface area contributed by atoms with Gasteiger partial charge in [-0.3, -0.25) is 4.79 Å². The van der Waals surface area contributed by atoms with Gasteiger partial charge >= 0.3 is 5.97 Å². The molecule has 0 aromatic heterocycles. The Kier molecular flexibility index (Phi) is 6.24. The maximum Gasteiger partial charge on any atom is 0.303 e. The van der Waals surface area contributed by atoms with Gasteiger partial charge in [-0.1, -0.05) is 15.9 Å². The molecular formula is C12H15BrFNO3. The molecule has 1 rings (SSSR count). The lowest BCUT2D eigenvalue weighted by atomic mass is 10.2. The fraction of sp³-hybridized carbons (Fsp3) is 0.417. The molecule has 1 aromatic rings. The van der Waals surface area contributed by atoms with Crippen molar-refractivity contribution in [3.05, 3.63) is 34.1 Å². The first kappa shape index (κ1) is 15.1. The van der Waals surface area contributed by atoms with Gasteiger partial charge < -0.3 is 15.5 Å². The second kappa shape index (κ2) is 7.45. The van der Waals surface area contributed by atoms with Crippen LogP contribution in [0.3, 0.4) is 0 Å². The Morgan fingerprint density at radius 2 is 2.22 bits per heavy atom. The zero-order chi connectivity index (χ0) is 13.5. The largest absolute Gasteiger partial charge is 0.481 e. The summed E-state index contributed by atoms with van der Waals surface area (Å²) in [6.07, 6.45) is -0.631. The van der Waals surface area contributed by atoms with Crippen molar-refractivity contribution < 1.29 is 19.4 Å². The first-order valence-corrected chi connectivity index (χ1v) is 6.33. The van der Waals surface area contributed by atoms with Crippen molar-refractivity contribution in [2.24, 2.45) is 0 Å². The Labute approximate surface area is 113 Å². The summed E-state index contributed by atoms with van der Waals surface area (Å²) in [5.74, 6) is -1.25. The third-order valence-electron chi connectivity index (χ3n) is 2.39. The van der Waals surface area contributed by atoms with E-state index >= 15 is 0 Å². The van der Waals surface area contributed by atoms with Crippen LogP contribution in [0, 0.1) is 5.82 Å². The number of halogens is 2. The standard InChI is InChI=1S/C12H15BrFNO3/c13-9-1-3-11(14)8(5-9)6-15-7-10(16)2-4-12(17)18/h1,3,5,10,15-16H,2,4,6-7H2,(H,17,18). The van der Waals surface area contributed by atoms with Crippen molar-refractivity contribution in [2.45, 2.75) is 25.5 Å². The minimum Gasteiger partial charge on any atom is -0.481 e. The van der Waals surface area contributed by atoms with E-state index in [4.69, 9.17) is 5.11 Å². The van der Waals surface area contributed by atoms with Crippen LogP contribution in [0.25, 0.3) is 0 Å². The molecule has 0 bridgehead atoms. The van der Waals surface area contributed by atoms with Gasteiger partial charge in [0.05, 0.1) is 6.10 Å². The average molecular weight is 320 g/mol. The van der Waals surface area contributed by atoms with Gasteiger partial charge in [0, 0.05) is 29.5 Å². The number of aliphatic hydroxyl groups excluding tert-OH is 1. The number of aliphatic hydroxyl groups is 1. The normalized spacial score (nSPS) is 12.4. The predicted molar refractivity (Wildman–Crippen MR) is 68.7 cm³/mol. The van der Waals surface area contributed by atoms with Crippen LogP contribution in [-0.2, 0) is 11.3 Å². The van der Waals surface area contributed by atoms with Crippen LogP contribution in [0.1, 0.15) is 18.4 Å². The molecule has 0 saturated heterocycles. The minimum absolute atomic E-state index is 0.0753. The maximum atomic E-state index is 13.3. The van der Waals surface area contributed by atoms with Crippen molar-refractivity contribution in [3.8, 4) is 0 Å². The fourth-order valence-electron chi connectivity index (χ4n) is 1.44. The highest BCUT2D eigenvalue weighted by molar-refractivity contribution is 9.10. The number of benzene rings is 1. The van der Waals surface area contributed by atoms with Crippen LogP contribution >= 0.6 is 15.9 Å². The summed E-state index contributed by atoms with van der Waals surface area (Å²) >= 11 is 3.25. The van der Waals surface area contributed by atoms with Crippen molar-refractivity contribution >= 4 is 21.9 Å². The number of aliphatic carboxylic acids is 1. The van der Waals surface area contributed by atoms with Crippen molar-refractivity contribution in [2.75, 3.05) is 6.54 Å². The molecule has 1 atom stereocenters. The third kappa shape index (κ3) is 5.57. The predicted octanol–water partition coefficient (Wildman–Crippen LogP) is 1.90. The SMILES string of the molecule is O=C(O)CCC(O)CNCc1cc(Br)ccc1F. The Balaban J connectivity index is 2.32. The van der Waals surface area contributed by atoms with Crippen LogP contribution in [0.2, 0.25) is 0 Å². The van der Waals surface area contributed by atoms with Crippen molar-refractivity contribution in [1.82, 2.24) is 5.32 Å². The topological polar surface area (TPSA) is 69.6 Å². The highest BCUT2D eigenvalue weighted by atomic mass is 79.9. The molecule has 4 nitrogen and oxygen atoms in total. The molecule has 0 aliphatic heterocycles. The summed E-state index contributed by atoms with van der Waals surface area (Å²) in [6.45, 7) is 0.522. The quantitative estimate of drug-likeness (QED) is 0.718. The van der Waals surface area contributed by atoms with Gasteiger partial charge in [0.15, 0.2) is 0 Å². The molecule has 3 N–H and O–H groups in total. The molecule has 0 fully saturated rings. The monoisotopic (exact) mass is 319 g/mol. The van der Waals surface area contributed by atoms with Crippen LogP contribution in [0.15, 0.2) is 22.7 Å². The molecule has 6 heteroatoms. The zero-order valence-electron chi connectivity index (χ0n) is 9.70. The summed E-state index contributed by atoms with van der Waals surface area (Å²) < 4.78 is 14.1. The average Bonchev–Trinajstić information content (AvgIpc) is 2.31. The van der Waals surface area contributed by atoms with E-state index in [1.807, 2.05) is 0 Å². The van der Waals surface area contributed by atoms with E-state index < -0.39 is 12.1 Å². The summed E-state index contributed by atoms with van der Waals surface area (Å²) in [7, 11) is 0. The Morgan fingerprint density at radius 3 is 2.89 bits per heavy atom. The van der Waals surface area contributed by atoms with E-state index in [0.29, 0.717) is 5.56 Å². The molecule has 0 aliphatic rings. The Morgan fingerprint density at radius 1 is 1.50 bits per heavy atom. The molecule has 0 spiro atoms. The lowest BCUT2D eigenvalue weighted by Crippen LogP contribution is -2.27. The first-order valence-electron chi connectivity index (χ1n) is 5.53. The Bertz CT molecular complexity index is 414. The van der Waals surface area contributed by atoms with Gasteiger partial charge in [0.1, 0.15) is 5.82 Å². The van der Waals surface area contributed by atoms with E-state index in [0.717, 1.165) is 4.47 Å². The molecule has 1 unspecified atom stereocenters. The molecule has 18 heavy (non-hydrogen) atoms. The highest BCUT2D eigenvalue weighted by Gasteiger charge is 2.08. The number of hydrogen-bond donors (Lipinski definition) is 3. The molecule has 1 aromatic carbocycles. The van der Waals surface area contributed by atoms with Gasteiger partial charge in [-0.25, -0.2) is 4.39 Å². The number of hydrogen-bond acceptors (Lipinski definition) is 3. The molecule has 0 heterocycles. The number of carboxylic acids is 1. The van der Waals surface area contributed by atoms with Gasteiger partial charge in [-0.05, 0) is 24.6 Å². The van der Waals surface area contributed by atoms with Gasteiger partial charge in [-0.15, -0.1) is 0 Å². The highest BCUT2D eigenvalue weighted by Crippen LogP contribution is 2.15. The third-order valence-corrected chi connectivity index (χ3v) is 2.89. The van der Waals surface area contributed by atoms with Gasteiger partial charge in [-0.2, -0.15) is 0 Å². The van der Waals surface area contributed by atoms with E-state index in [-0.39, 0.29) is 31.7 Å². The minimum atomic E-state index is -0.938. The summed E-state index contributed by atoms with van der Waals surface area (Å²) in [5, 5.41) is 20.8. The van der Waals surface area contributed by atoms with Crippen LogP contribution in [0.5, 0.6) is 0 Å². The zero-order valence-corrected chi connectivity index (χ0v) is 11.3. The number of carboxylic acid groups (broad SMARTS) is 1. The van der Waals surface area contributed by atoms with E-state index in [9.17, 15) is 14.3 Å². The van der Waals surface area contributed by atoms with Crippen LogP contribution in [0.4, 0.5) is 4.39 Å². The molecule has 0 aliphatic carbocycles. The van der Waals surface area contributed by atoms with Gasteiger partial charge in [0.25, 0.3) is 0 Å². The first-order chi connectivity index (χ1) is 8.49. The van der Waals surface area contributed by atoms with Crippen LogP contribution in [-0.4, -0.2) is 28.8 Å². The van der Waals surface area contributed by atoms with E-state index in [1.165, 1.54) is 6.07 Å². The molecular weight excluding hydrogens is 305 g/mol.